The number of halogens is 3. The zero-order chi connectivity index (χ0) is 17.9. The smallest absolute Gasteiger partial charge is 0.416 e. The van der Waals surface area contributed by atoms with Gasteiger partial charge in [-0.2, -0.15) is 13.2 Å². The maximum Gasteiger partial charge on any atom is 0.416 e. The first-order valence-corrected chi connectivity index (χ1v) is 7.77. The lowest BCUT2D eigenvalue weighted by atomic mass is 9.89. The average Bonchev–Trinajstić information content (AvgIpc) is 2.54. The van der Waals surface area contributed by atoms with Crippen LogP contribution in [-0.2, 0) is 12.6 Å². The van der Waals surface area contributed by atoms with Crippen LogP contribution in [0.5, 0.6) is 5.75 Å². The highest BCUT2D eigenvalue weighted by Gasteiger charge is 2.30. The Hall–Kier alpha value is -2.01. The Morgan fingerprint density at radius 1 is 1.08 bits per heavy atom. The van der Waals surface area contributed by atoms with Gasteiger partial charge in [0, 0.05) is 5.92 Å². The molecule has 0 spiro atoms. The second-order valence-corrected chi connectivity index (χ2v) is 6.01. The van der Waals surface area contributed by atoms with Crippen molar-refractivity contribution in [3.63, 3.8) is 0 Å². The Labute approximate surface area is 140 Å². The summed E-state index contributed by atoms with van der Waals surface area (Å²) in [4.78, 5) is 0. The molecule has 0 radical (unpaired) electrons. The molecule has 1 atom stereocenters. The zero-order valence-electron chi connectivity index (χ0n) is 14.1. The molecule has 0 heterocycles. The highest BCUT2D eigenvalue weighted by atomic mass is 19.4. The summed E-state index contributed by atoms with van der Waals surface area (Å²) in [5.41, 5.74) is 9.02. The van der Waals surface area contributed by atoms with Crippen LogP contribution in [0.25, 0.3) is 0 Å². The highest BCUT2D eigenvalue weighted by Crippen LogP contribution is 2.33. The number of nitrogens with two attached hydrogens (primary N) is 1. The van der Waals surface area contributed by atoms with Crippen molar-refractivity contribution in [2.24, 2.45) is 5.73 Å². The summed E-state index contributed by atoms with van der Waals surface area (Å²) in [5.74, 6) is 0.614. The summed E-state index contributed by atoms with van der Waals surface area (Å²) < 4.78 is 44.1. The van der Waals surface area contributed by atoms with Crippen LogP contribution in [-0.4, -0.2) is 13.7 Å². The number of alkyl halides is 3. The number of hydrogen-bond acceptors (Lipinski definition) is 2. The fourth-order valence-electron chi connectivity index (χ4n) is 2.79. The summed E-state index contributed by atoms with van der Waals surface area (Å²) in [7, 11) is 1.59. The van der Waals surface area contributed by atoms with Gasteiger partial charge in [-0.05, 0) is 61.2 Å². The Bertz CT molecular complexity index is 710. The van der Waals surface area contributed by atoms with E-state index in [2.05, 4.69) is 0 Å². The minimum Gasteiger partial charge on any atom is -0.496 e. The van der Waals surface area contributed by atoms with Crippen LogP contribution in [0.3, 0.4) is 0 Å². The Morgan fingerprint density at radius 2 is 1.75 bits per heavy atom. The predicted octanol–water partition coefficient (Wildman–Crippen LogP) is 4.62. The van der Waals surface area contributed by atoms with Crippen molar-refractivity contribution in [1.29, 1.82) is 0 Å². The number of rotatable bonds is 5. The van der Waals surface area contributed by atoms with Gasteiger partial charge in [0.25, 0.3) is 0 Å². The van der Waals surface area contributed by atoms with Gasteiger partial charge in [-0.1, -0.05) is 24.3 Å². The minimum atomic E-state index is -4.34. The standard InChI is InChI=1S/C19H22F3NO/c1-12-7-17(18(24-3)8-13(12)2)15(11-23)9-14-5-4-6-16(10-14)19(20,21)22/h4-8,10,15H,9,11,23H2,1-3H3. The molecule has 0 bridgehead atoms. The summed E-state index contributed by atoms with van der Waals surface area (Å²) >= 11 is 0. The second-order valence-electron chi connectivity index (χ2n) is 6.01. The molecule has 0 aliphatic carbocycles. The van der Waals surface area contributed by atoms with Gasteiger partial charge in [0.2, 0.25) is 0 Å². The van der Waals surface area contributed by atoms with Gasteiger partial charge in [0.15, 0.2) is 0 Å². The number of methoxy groups -OCH3 is 1. The number of hydrogen-bond donors (Lipinski definition) is 1. The first kappa shape index (κ1) is 18.3. The van der Waals surface area contributed by atoms with E-state index in [1.807, 2.05) is 26.0 Å². The van der Waals surface area contributed by atoms with E-state index in [9.17, 15) is 13.2 Å². The molecule has 130 valence electrons. The molecule has 2 aromatic carbocycles. The largest absolute Gasteiger partial charge is 0.496 e. The topological polar surface area (TPSA) is 35.2 Å². The molecule has 2 aromatic rings. The second kappa shape index (κ2) is 7.26. The van der Waals surface area contributed by atoms with Crippen molar-refractivity contribution in [2.45, 2.75) is 32.4 Å². The van der Waals surface area contributed by atoms with E-state index in [1.165, 1.54) is 12.1 Å². The summed E-state index contributed by atoms with van der Waals surface area (Å²) in [6.45, 7) is 4.32. The quantitative estimate of drug-likeness (QED) is 0.864. The van der Waals surface area contributed by atoms with E-state index >= 15 is 0 Å². The molecule has 1 unspecified atom stereocenters. The van der Waals surface area contributed by atoms with Gasteiger partial charge in [0.1, 0.15) is 5.75 Å². The van der Waals surface area contributed by atoms with E-state index in [1.54, 1.807) is 13.2 Å². The van der Waals surface area contributed by atoms with Crippen LogP contribution in [0.15, 0.2) is 36.4 Å². The van der Waals surface area contributed by atoms with Crippen molar-refractivity contribution in [3.05, 3.63) is 64.2 Å². The lowest BCUT2D eigenvalue weighted by molar-refractivity contribution is -0.137. The zero-order valence-corrected chi connectivity index (χ0v) is 14.1. The summed E-state index contributed by atoms with van der Waals surface area (Å²) in [5, 5.41) is 0. The minimum absolute atomic E-state index is 0.109. The lowest BCUT2D eigenvalue weighted by Crippen LogP contribution is -2.17. The van der Waals surface area contributed by atoms with Gasteiger partial charge in [-0.25, -0.2) is 0 Å². The fourth-order valence-corrected chi connectivity index (χ4v) is 2.79. The molecular formula is C19H22F3NO. The van der Waals surface area contributed by atoms with E-state index in [4.69, 9.17) is 10.5 Å². The van der Waals surface area contributed by atoms with Crippen molar-refractivity contribution in [1.82, 2.24) is 0 Å². The van der Waals surface area contributed by atoms with Crippen LogP contribution >= 0.6 is 0 Å². The molecule has 2 nitrogen and oxygen atoms in total. The number of benzene rings is 2. The highest BCUT2D eigenvalue weighted by molar-refractivity contribution is 5.44. The molecular weight excluding hydrogens is 315 g/mol. The lowest BCUT2D eigenvalue weighted by Gasteiger charge is -2.20. The van der Waals surface area contributed by atoms with Crippen LogP contribution < -0.4 is 10.5 Å². The molecule has 0 fully saturated rings. The number of ether oxygens (including phenoxy) is 1. The van der Waals surface area contributed by atoms with Crippen LogP contribution in [0.2, 0.25) is 0 Å². The van der Waals surface area contributed by atoms with Crippen molar-refractivity contribution in [3.8, 4) is 5.75 Å². The van der Waals surface area contributed by atoms with Crippen molar-refractivity contribution in [2.75, 3.05) is 13.7 Å². The third kappa shape index (κ3) is 4.09. The van der Waals surface area contributed by atoms with Crippen LogP contribution in [0.4, 0.5) is 13.2 Å². The van der Waals surface area contributed by atoms with E-state index < -0.39 is 11.7 Å². The van der Waals surface area contributed by atoms with Gasteiger partial charge in [-0.3, -0.25) is 0 Å². The normalized spacial score (nSPS) is 13.0. The van der Waals surface area contributed by atoms with Gasteiger partial charge in [0.05, 0.1) is 12.7 Å². The molecule has 0 aliphatic rings. The van der Waals surface area contributed by atoms with Gasteiger partial charge >= 0.3 is 6.18 Å². The first-order chi connectivity index (χ1) is 11.3. The first-order valence-electron chi connectivity index (χ1n) is 7.77. The van der Waals surface area contributed by atoms with E-state index in [0.717, 1.165) is 28.5 Å². The monoisotopic (exact) mass is 337 g/mol. The molecule has 2 N–H and O–H groups in total. The summed E-state index contributed by atoms with van der Waals surface area (Å²) in [6.07, 6.45) is -3.91. The molecule has 24 heavy (non-hydrogen) atoms. The molecule has 0 aromatic heterocycles. The summed E-state index contributed by atoms with van der Waals surface area (Å²) in [6, 6.07) is 9.36. The maximum atomic E-state index is 12.9. The van der Waals surface area contributed by atoms with Gasteiger partial charge in [-0.15, -0.1) is 0 Å². The SMILES string of the molecule is COc1cc(C)c(C)cc1C(CN)Cc1cccc(C(F)(F)F)c1. The van der Waals surface area contributed by atoms with E-state index in [0.29, 0.717) is 18.5 Å². The third-order valence-electron chi connectivity index (χ3n) is 4.31. The van der Waals surface area contributed by atoms with Crippen molar-refractivity contribution >= 4 is 0 Å². The molecule has 0 saturated carbocycles. The van der Waals surface area contributed by atoms with E-state index in [-0.39, 0.29) is 5.92 Å². The number of aryl methyl sites for hydroxylation is 2. The average molecular weight is 337 g/mol. The molecule has 5 heteroatoms. The van der Waals surface area contributed by atoms with Crippen molar-refractivity contribution < 1.29 is 17.9 Å². The maximum absolute atomic E-state index is 12.9. The molecule has 2 rings (SSSR count). The molecule has 0 amide bonds. The fraction of sp³-hybridized carbons (Fsp3) is 0.368. The Morgan fingerprint density at radius 3 is 2.33 bits per heavy atom. The predicted molar refractivity (Wildman–Crippen MR) is 89.4 cm³/mol. The third-order valence-corrected chi connectivity index (χ3v) is 4.31. The molecule has 0 aliphatic heterocycles. The molecule has 0 saturated heterocycles. The van der Waals surface area contributed by atoms with Gasteiger partial charge < -0.3 is 10.5 Å². The Balaban J connectivity index is 2.36. The van der Waals surface area contributed by atoms with Crippen LogP contribution in [0, 0.1) is 13.8 Å². The van der Waals surface area contributed by atoms with Crippen LogP contribution in [0.1, 0.15) is 33.7 Å². The Kier molecular flexibility index (Phi) is 5.54.